The number of hydrogen-bond donors (Lipinski definition) is 1. The molecular weight excluding hydrogens is 267 g/mol. The molecule has 2 atom stereocenters. The van der Waals surface area contributed by atoms with Crippen LogP contribution in [0.25, 0.3) is 0 Å². The molecule has 0 saturated carbocycles. The fourth-order valence-electron chi connectivity index (χ4n) is 2.23. The molecule has 2 rings (SSSR count). The highest BCUT2D eigenvalue weighted by atomic mass is 32.2. The van der Waals surface area contributed by atoms with Crippen LogP contribution < -0.4 is 5.73 Å². The molecule has 0 aliphatic carbocycles. The highest BCUT2D eigenvalue weighted by Gasteiger charge is 2.32. The quantitative estimate of drug-likeness (QED) is 0.896. The molecule has 6 heteroatoms. The summed E-state index contributed by atoms with van der Waals surface area (Å²) >= 11 is 0. The number of piperidine rings is 1. The van der Waals surface area contributed by atoms with Crippen molar-refractivity contribution >= 4 is 10.0 Å². The van der Waals surface area contributed by atoms with Gasteiger partial charge in [-0.3, -0.25) is 0 Å². The van der Waals surface area contributed by atoms with Gasteiger partial charge < -0.3 is 5.73 Å². The summed E-state index contributed by atoms with van der Waals surface area (Å²) in [5.74, 6) is -0.387. The van der Waals surface area contributed by atoms with Crippen molar-refractivity contribution in [2.75, 3.05) is 13.1 Å². The summed E-state index contributed by atoms with van der Waals surface area (Å²) in [6.07, 6.45) is 0.634. The van der Waals surface area contributed by atoms with Crippen LogP contribution in [0.2, 0.25) is 0 Å². The zero-order chi connectivity index (χ0) is 14.2. The van der Waals surface area contributed by atoms with E-state index in [9.17, 15) is 12.8 Å². The first kappa shape index (κ1) is 14.4. The Morgan fingerprint density at radius 1 is 1.42 bits per heavy atom. The Bertz CT molecular complexity index is 574. The molecule has 1 aliphatic heterocycles. The molecule has 0 amide bonds. The number of nitrogens with zero attached hydrogens (tertiary/aromatic N) is 1. The van der Waals surface area contributed by atoms with Gasteiger partial charge in [0.05, 0.1) is 4.90 Å². The normalized spacial score (nSPS) is 25.5. The molecule has 1 fully saturated rings. The van der Waals surface area contributed by atoms with Gasteiger partial charge in [-0.1, -0.05) is 13.0 Å². The number of benzene rings is 1. The number of hydrogen-bond acceptors (Lipinski definition) is 3. The Kier molecular flexibility index (Phi) is 3.94. The molecule has 1 aromatic carbocycles. The second-order valence-electron chi connectivity index (χ2n) is 5.20. The number of rotatable bonds is 2. The van der Waals surface area contributed by atoms with E-state index >= 15 is 0 Å². The van der Waals surface area contributed by atoms with E-state index < -0.39 is 15.8 Å². The standard InChI is InChI=1S/C13H19FN2O2S/c1-9-3-4-11(7-12(9)14)19(17,18)16-6-5-13(15)10(2)8-16/h3-4,7,10,13H,5-6,8,15H2,1-2H3. The first-order chi connectivity index (χ1) is 8.82. The maximum absolute atomic E-state index is 13.5. The Morgan fingerprint density at radius 3 is 2.68 bits per heavy atom. The maximum atomic E-state index is 13.5. The summed E-state index contributed by atoms with van der Waals surface area (Å²) in [6, 6.07) is 4.05. The fraction of sp³-hybridized carbons (Fsp3) is 0.538. The molecule has 0 aromatic heterocycles. The molecule has 2 unspecified atom stereocenters. The van der Waals surface area contributed by atoms with Crippen molar-refractivity contribution in [1.82, 2.24) is 4.31 Å². The number of sulfonamides is 1. The molecule has 1 aliphatic rings. The highest BCUT2D eigenvalue weighted by Crippen LogP contribution is 2.24. The molecular formula is C13H19FN2O2S. The number of halogens is 1. The average Bonchev–Trinajstić information content (AvgIpc) is 2.35. The van der Waals surface area contributed by atoms with Crippen LogP contribution in [0.5, 0.6) is 0 Å². The smallest absolute Gasteiger partial charge is 0.243 e. The number of nitrogens with two attached hydrogens (primary N) is 1. The molecule has 0 spiro atoms. The van der Waals surface area contributed by atoms with Gasteiger partial charge in [0.15, 0.2) is 0 Å². The van der Waals surface area contributed by atoms with Crippen molar-refractivity contribution in [3.63, 3.8) is 0 Å². The summed E-state index contributed by atoms with van der Waals surface area (Å²) < 4.78 is 39.7. The minimum atomic E-state index is -3.62. The molecule has 1 saturated heterocycles. The maximum Gasteiger partial charge on any atom is 0.243 e. The van der Waals surface area contributed by atoms with Crippen LogP contribution in [0.3, 0.4) is 0 Å². The minimum absolute atomic E-state index is 0.0123. The van der Waals surface area contributed by atoms with Gasteiger partial charge in [0.25, 0.3) is 0 Å². The second kappa shape index (κ2) is 5.19. The van der Waals surface area contributed by atoms with Gasteiger partial charge in [-0.25, -0.2) is 12.8 Å². The van der Waals surface area contributed by atoms with Gasteiger partial charge in [0, 0.05) is 19.1 Å². The number of aryl methyl sites for hydroxylation is 1. The van der Waals surface area contributed by atoms with E-state index in [0.29, 0.717) is 25.1 Å². The lowest BCUT2D eigenvalue weighted by Gasteiger charge is -2.34. The van der Waals surface area contributed by atoms with E-state index in [-0.39, 0.29) is 16.9 Å². The van der Waals surface area contributed by atoms with Crippen molar-refractivity contribution in [3.8, 4) is 0 Å². The minimum Gasteiger partial charge on any atom is -0.327 e. The van der Waals surface area contributed by atoms with Gasteiger partial charge >= 0.3 is 0 Å². The van der Waals surface area contributed by atoms with E-state index in [1.807, 2.05) is 6.92 Å². The van der Waals surface area contributed by atoms with Gasteiger partial charge in [0.1, 0.15) is 5.82 Å². The van der Waals surface area contributed by atoms with Crippen LogP contribution in [0.4, 0.5) is 4.39 Å². The SMILES string of the molecule is Cc1ccc(S(=O)(=O)N2CCC(N)C(C)C2)cc1F. The summed E-state index contributed by atoms with van der Waals surface area (Å²) in [6.45, 7) is 4.32. The predicted molar refractivity (Wildman–Crippen MR) is 71.7 cm³/mol. The lowest BCUT2D eigenvalue weighted by Crippen LogP contribution is -2.48. The Balaban J connectivity index is 2.29. The predicted octanol–water partition coefficient (Wildman–Crippen LogP) is 1.49. The first-order valence-corrected chi connectivity index (χ1v) is 7.78. The topological polar surface area (TPSA) is 63.4 Å². The van der Waals surface area contributed by atoms with E-state index in [0.717, 1.165) is 6.07 Å². The molecule has 2 N–H and O–H groups in total. The van der Waals surface area contributed by atoms with Crippen molar-refractivity contribution in [3.05, 3.63) is 29.6 Å². The Morgan fingerprint density at radius 2 is 2.11 bits per heavy atom. The third-order valence-electron chi connectivity index (χ3n) is 3.72. The first-order valence-electron chi connectivity index (χ1n) is 6.34. The van der Waals surface area contributed by atoms with Gasteiger partial charge in [-0.15, -0.1) is 0 Å². The van der Waals surface area contributed by atoms with E-state index in [2.05, 4.69) is 0 Å². The molecule has 1 aromatic rings. The fourth-order valence-corrected chi connectivity index (χ4v) is 3.79. The zero-order valence-electron chi connectivity index (χ0n) is 11.1. The van der Waals surface area contributed by atoms with E-state index in [1.54, 1.807) is 6.92 Å². The molecule has 1 heterocycles. The molecule has 19 heavy (non-hydrogen) atoms. The summed E-state index contributed by atoms with van der Waals surface area (Å²) in [5.41, 5.74) is 6.32. The van der Waals surface area contributed by atoms with Crippen molar-refractivity contribution < 1.29 is 12.8 Å². The highest BCUT2D eigenvalue weighted by molar-refractivity contribution is 7.89. The summed E-state index contributed by atoms with van der Waals surface area (Å²) in [5, 5.41) is 0. The second-order valence-corrected chi connectivity index (χ2v) is 7.14. The average molecular weight is 286 g/mol. The molecule has 0 radical (unpaired) electrons. The van der Waals surface area contributed by atoms with E-state index in [4.69, 9.17) is 5.73 Å². The monoisotopic (exact) mass is 286 g/mol. The zero-order valence-corrected chi connectivity index (χ0v) is 12.0. The lowest BCUT2D eigenvalue weighted by molar-refractivity contribution is 0.250. The largest absolute Gasteiger partial charge is 0.327 e. The lowest BCUT2D eigenvalue weighted by atomic mass is 9.96. The molecule has 106 valence electrons. The Hall–Kier alpha value is -0.980. The van der Waals surface area contributed by atoms with Crippen LogP contribution in [0, 0.1) is 18.7 Å². The van der Waals surface area contributed by atoms with Crippen LogP contribution in [0.15, 0.2) is 23.1 Å². The molecule has 0 bridgehead atoms. The van der Waals surface area contributed by atoms with E-state index in [1.165, 1.54) is 16.4 Å². The molecule has 4 nitrogen and oxygen atoms in total. The van der Waals surface area contributed by atoms with Crippen molar-refractivity contribution in [2.45, 2.75) is 31.2 Å². The summed E-state index contributed by atoms with van der Waals surface area (Å²) in [7, 11) is -3.62. The van der Waals surface area contributed by atoms with Crippen molar-refractivity contribution in [1.29, 1.82) is 0 Å². The third-order valence-corrected chi connectivity index (χ3v) is 5.58. The van der Waals surface area contributed by atoms with Crippen LogP contribution >= 0.6 is 0 Å². The van der Waals surface area contributed by atoms with Crippen LogP contribution in [-0.2, 0) is 10.0 Å². The summed E-state index contributed by atoms with van der Waals surface area (Å²) in [4.78, 5) is 0.0123. The van der Waals surface area contributed by atoms with Crippen LogP contribution in [-0.4, -0.2) is 31.9 Å². The van der Waals surface area contributed by atoms with Crippen molar-refractivity contribution in [2.24, 2.45) is 11.7 Å². The van der Waals surface area contributed by atoms with Crippen LogP contribution in [0.1, 0.15) is 18.9 Å². The van der Waals surface area contributed by atoms with Gasteiger partial charge in [-0.05, 0) is 37.0 Å². The van der Waals surface area contributed by atoms with Gasteiger partial charge in [-0.2, -0.15) is 4.31 Å². The third kappa shape index (κ3) is 2.80. The van der Waals surface area contributed by atoms with Gasteiger partial charge in [0.2, 0.25) is 10.0 Å². The Labute approximate surface area is 113 Å².